The molecule has 0 aliphatic heterocycles. The Morgan fingerprint density at radius 1 is 1.37 bits per heavy atom. The fraction of sp³-hybridized carbons (Fsp3) is 0.462. The summed E-state index contributed by atoms with van der Waals surface area (Å²) in [5.74, 6) is 1.19. The monoisotopic (exact) mass is 261 g/mol. The van der Waals surface area contributed by atoms with E-state index in [9.17, 15) is 0 Å². The Hall–Kier alpha value is -2.11. The Bertz CT molecular complexity index is 538. The van der Waals surface area contributed by atoms with E-state index in [-0.39, 0.29) is 0 Å². The summed E-state index contributed by atoms with van der Waals surface area (Å²) in [7, 11) is 1.91. The number of nitrogens with one attached hydrogen (secondary N) is 1. The highest BCUT2D eigenvalue weighted by molar-refractivity contribution is 5.31. The van der Waals surface area contributed by atoms with Crippen molar-refractivity contribution in [2.24, 2.45) is 7.05 Å². The molecular formula is C13H19N5O. The molecular weight excluding hydrogens is 242 g/mol. The van der Waals surface area contributed by atoms with Gasteiger partial charge in [0, 0.05) is 25.0 Å². The third-order valence-electron chi connectivity index (χ3n) is 2.63. The molecule has 0 aliphatic rings. The van der Waals surface area contributed by atoms with Crippen molar-refractivity contribution >= 4 is 5.95 Å². The molecule has 19 heavy (non-hydrogen) atoms. The number of ether oxygens (including phenoxy) is 1. The summed E-state index contributed by atoms with van der Waals surface area (Å²) in [4.78, 5) is 8.67. The molecule has 2 rings (SSSR count). The summed E-state index contributed by atoms with van der Waals surface area (Å²) in [6, 6.07) is 3.79. The SMILES string of the molecule is CCCOc1cc(C)nc(NCc2ccnn2C)n1. The van der Waals surface area contributed by atoms with Gasteiger partial charge in [-0.05, 0) is 19.4 Å². The van der Waals surface area contributed by atoms with Crippen LogP contribution in [-0.2, 0) is 13.6 Å². The second kappa shape index (κ2) is 6.17. The van der Waals surface area contributed by atoms with Crippen LogP contribution in [-0.4, -0.2) is 26.4 Å². The fourth-order valence-electron chi connectivity index (χ4n) is 1.64. The van der Waals surface area contributed by atoms with Crippen LogP contribution < -0.4 is 10.1 Å². The Labute approximate surface area is 112 Å². The van der Waals surface area contributed by atoms with Crippen LogP contribution in [0.15, 0.2) is 18.3 Å². The first kappa shape index (κ1) is 13.3. The summed E-state index contributed by atoms with van der Waals surface area (Å²) in [5.41, 5.74) is 1.95. The molecule has 2 aromatic heterocycles. The van der Waals surface area contributed by atoms with Crippen molar-refractivity contribution < 1.29 is 4.74 Å². The van der Waals surface area contributed by atoms with Gasteiger partial charge in [0.25, 0.3) is 0 Å². The molecule has 0 spiro atoms. The first-order valence-electron chi connectivity index (χ1n) is 6.38. The summed E-state index contributed by atoms with van der Waals surface area (Å²) >= 11 is 0. The van der Waals surface area contributed by atoms with Gasteiger partial charge in [-0.25, -0.2) is 4.98 Å². The predicted molar refractivity (Wildman–Crippen MR) is 73.1 cm³/mol. The van der Waals surface area contributed by atoms with E-state index in [1.807, 2.05) is 30.8 Å². The quantitative estimate of drug-likeness (QED) is 0.860. The Morgan fingerprint density at radius 2 is 2.21 bits per heavy atom. The third kappa shape index (κ3) is 3.67. The van der Waals surface area contributed by atoms with Gasteiger partial charge in [0.05, 0.1) is 18.8 Å². The minimum atomic E-state index is 0.576. The summed E-state index contributed by atoms with van der Waals surface area (Å²) in [5, 5.41) is 7.30. The van der Waals surface area contributed by atoms with Crippen molar-refractivity contribution in [1.29, 1.82) is 0 Å². The van der Waals surface area contributed by atoms with E-state index in [2.05, 4.69) is 27.3 Å². The Kier molecular flexibility index (Phi) is 4.33. The molecule has 0 saturated carbocycles. The third-order valence-corrected chi connectivity index (χ3v) is 2.63. The number of hydrogen-bond donors (Lipinski definition) is 1. The predicted octanol–water partition coefficient (Wildman–Crippen LogP) is 1.92. The maximum absolute atomic E-state index is 5.53. The van der Waals surface area contributed by atoms with Crippen LogP contribution in [0.5, 0.6) is 5.88 Å². The highest BCUT2D eigenvalue weighted by atomic mass is 16.5. The van der Waals surface area contributed by atoms with E-state index < -0.39 is 0 Å². The number of aromatic nitrogens is 4. The van der Waals surface area contributed by atoms with Crippen molar-refractivity contribution in [1.82, 2.24) is 19.7 Å². The van der Waals surface area contributed by atoms with Crippen LogP contribution >= 0.6 is 0 Å². The molecule has 0 bridgehead atoms. The van der Waals surface area contributed by atoms with Crippen molar-refractivity contribution in [3.05, 3.63) is 29.7 Å². The standard InChI is InChI=1S/C13H19N5O/c1-4-7-19-12-8-10(2)16-13(17-12)14-9-11-5-6-15-18(11)3/h5-6,8H,4,7,9H2,1-3H3,(H,14,16,17). The molecule has 0 atom stereocenters. The molecule has 0 aliphatic carbocycles. The van der Waals surface area contributed by atoms with E-state index in [0.717, 1.165) is 17.8 Å². The van der Waals surface area contributed by atoms with E-state index in [1.54, 1.807) is 6.20 Å². The molecule has 6 nitrogen and oxygen atoms in total. The van der Waals surface area contributed by atoms with Gasteiger partial charge in [-0.3, -0.25) is 4.68 Å². The molecule has 0 unspecified atom stereocenters. The minimum Gasteiger partial charge on any atom is -0.478 e. The molecule has 0 aromatic carbocycles. The highest BCUT2D eigenvalue weighted by Gasteiger charge is 2.04. The van der Waals surface area contributed by atoms with Gasteiger partial charge in [-0.1, -0.05) is 6.92 Å². The maximum Gasteiger partial charge on any atom is 0.226 e. The molecule has 2 aromatic rings. The average Bonchev–Trinajstić information content (AvgIpc) is 2.79. The Balaban J connectivity index is 2.03. The molecule has 2 heterocycles. The summed E-state index contributed by atoms with van der Waals surface area (Å²) < 4.78 is 7.35. The number of aryl methyl sites for hydroxylation is 2. The number of hydrogen-bond acceptors (Lipinski definition) is 5. The zero-order valence-corrected chi connectivity index (χ0v) is 11.6. The van der Waals surface area contributed by atoms with Crippen molar-refractivity contribution in [2.75, 3.05) is 11.9 Å². The Morgan fingerprint density at radius 3 is 2.89 bits per heavy atom. The first-order chi connectivity index (χ1) is 9.19. The van der Waals surface area contributed by atoms with Gasteiger partial charge in [-0.2, -0.15) is 10.1 Å². The first-order valence-corrected chi connectivity index (χ1v) is 6.38. The van der Waals surface area contributed by atoms with Crippen LogP contribution in [0.4, 0.5) is 5.95 Å². The number of anilines is 1. The average molecular weight is 261 g/mol. The number of nitrogens with zero attached hydrogens (tertiary/aromatic N) is 4. The summed E-state index contributed by atoms with van der Waals surface area (Å²) in [6.45, 7) is 5.29. The number of rotatable bonds is 6. The van der Waals surface area contributed by atoms with E-state index in [1.165, 1.54) is 0 Å². The maximum atomic E-state index is 5.53. The van der Waals surface area contributed by atoms with Crippen LogP contribution in [0, 0.1) is 6.92 Å². The molecule has 6 heteroatoms. The lowest BCUT2D eigenvalue weighted by molar-refractivity contribution is 0.305. The van der Waals surface area contributed by atoms with Crippen LogP contribution in [0.3, 0.4) is 0 Å². The molecule has 0 amide bonds. The van der Waals surface area contributed by atoms with Gasteiger partial charge in [0.15, 0.2) is 0 Å². The highest BCUT2D eigenvalue weighted by Crippen LogP contribution is 2.13. The van der Waals surface area contributed by atoms with Gasteiger partial charge >= 0.3 is 0 Å². The molecule has 0 fully saturated rings. The molecule has 0 radical (unpaired) electrons. The largest absolute Gasteiger partial charge is 0.478 e. The van der Waals surface area contributed by atoms with Gasteiger partial charge < -0.3 is 10.1 Å². The van der Waals surface area contributed by atoms with Gasteiger partial charge in [0.1, 0.15) is 0 Å². The van der Waals surface area contributed by atoms with Crippen LogP contribution in [0.2, 0.25) is 0 Å². The van der Waals surface area contributed by atoms with Gasteiger partial charge in [-0.15, -0.1) is 0 Å². The van der Waals surface area contributed by atoms with E-state index in [4.69, 9.17) is 4.74 Å². The van der Waals surface area contributed by atoms with Crippen molar-refractivity contribution in [3.8, 4) is 5.88 Å². The molecule has 1 N–H and O–H groups in total. The van der Waals surface area contributed by atoms with Crippen LogP contribution in [0.1, 0.15) is 24.7 Å². The van der Waals surface area contributed by atoms with Crippen LogP contribution in [0.25, 0.3) is 0 Å². The summed E-state index contributed by atoms with van der Waals surface area (Å²) in [6.07, 6.45) is 2.73. The normalized spacial score (nSPS) is 10.5. The smallest absolute Gasteiger partial charge is 0.226 e. The lowest BCUT2D eigenvalue weighted by Crippen LogP contribution is -2.09. The van der Waals surface area contributed by atoms with E-state index >= 15 is 0 Å². The minimum absolute atomic E-state index is 0.576. The zero-order valence-electron chi connectivity index (χ0n) is 11.6. The van der Waals surface area contributed by atoms with E-state index in [0.29, 0.717) is 25.0 Å². The lowest BCUT2D eigenvalue weighted by atomic mass is 10.4. The molecule has 102 valence electrons. The fourth-order valence-corrected chi connectivity index (χ4v) is 1.64. The molecule has 0 saturated heterocycles. The second-order valence-electron chi connectivity index (χ2n) is 4.32. The lowest BCUT2D eigenvalue weighted by Gasteiger charge is -2.09. The van der Waals surface area contributed by atoms with Gasteiger partial charge in [0.2, 0.25) is 11.8 Å². The zero-order chi connectivity index (χ0) is 13.7. The van der Waals surface area contributed by atoms with Crippen molar-refractivity contribution in [3.63, 3.8) is 0 Å². The second-order valence-corrected chi connectivity index (χ2v) is 4.32. The topological polar surface area (TPSA) is 64.9 Å². The van der Waals surface area contributed by atoms with Crippen molar-refractivity contribution in [2.45, 2.75) is 26.8 Å².